The van der Waals surface area contributed by atoms with Gasteiger partial charge in [-0.15, -0.1) is 0 Å². The van der Waals surface area contributed by atoms with Gasteiger partial charge in [0.25, 0.3) is 5.91 Å². The Morgan fingerprint density at radius 2 is 1.92 bits per heavy atom. The highest BCUT2D eigenvalue weighted by molar-refractivity contribution is 7.92. The number of rotatable bonds is 4. The number of aromatic nitrogens is 1. The predicted molar refractivity (Wildman–Crippen MR) is 91.6 cm³/mol. The Morgan fingerprint density at radius 1 is 1.12 bits per heavy atom. The second-order valence-electron chi connectivity index (χ2n) is 5.32. The molecular weight excluding hydrogens is 330 g/mol. The van der Waals surface area contributed by atoms with Crippen molar-refractivity contribution in [2.75, 3.05) is 16.3 Å². The predicted octanol–water partition coefficient (Wildman–Crippen LogP) is 2.76. The van der Waals surface area contributed by atoms with Gasteiger partial charge >= 0.3 is 0 Å². The minimum Gasteiger partial charge on any atom is -0.441 e. The molecule has 1 aromatic heterocycles. The first-order chi connectivity index (χ1) is 11.3. The van der Waals surface area contributed by atoms with E-state index in [-0.39, 0.29) is 5.91 Å². The number of carbonyl (C=O) groups is 1. The fourth-order valence-electron chi connectivity index (χ4n) is 2.26. The van der Waals surface area contributed by atoms with Crippen LogP contribution >= 0.6 is 0 Å². The van der Waals surface area contributed by atoms with Gasteiger partial charge in [0.1, 0.15) is 5.52 Å². The fraction of sp³-hybridized carbons (Fsp3) is 0.125. The van der Waals surface area contributed by atoms with E-state index in [1.807, 2.05) is 0 Å². The average Bonchev–Trinajstić information content (AvgIpc) is 2.85. The minimum absolute atomic E-state index is 0.327. The fourth-order valence-corrected chi connectivity index (χ4v) is 2.82. The first-order valence-electron chi connectivity index (χ1n) is 7.06. The van der Waals surface area contributed by atoms with E-state index >= 15 is 0 Å². The number of hydrogen-bond acceptors (Lipinski definition) is 5. The van der Waals surface area contributed by atoms with Crippen LogP contribution in [0.25, 0.3) is 11.1 Å². The highest BCUT2D eigenvalue weighted by atomic mass is 32.2. The molecule has 0 saturated carbocycles. The number of nitrogens with zero attached hydrogens (tertiary/aromatic N) is 1. The maximum Gasteiger partial charge on any atom is 0.255 e. The molecule has 24 heavy (non-hydrogen) atoms. The molecule has 0 fully saturated rings. The Balaban J connectivity index is 1.81. The van der Waals surface area contributed by atoms with E-state index in [0.717, 1.165) is 6.26 Å². The lowest BCUT2D eigenvalue weighted by atomic mass is 10.2. The molecule has 0 saturated heterocycles. The van der Waals surface area contributed by atoms with Crippen molar-refractivity contribution in [2.24, 2.45) is 0 Å². The zero-order valence-electron chi connectivity index (χ0n) is 13.0. The van der Waals surface area contributed by atoms with Gasteiger partial charge in [0.15, 0.2) is 11.5 Å². The van der Waals surface area contributed by atoms with E-state index in [0.29, 0.717) is 33.9 Å². The molecule has 0 atom stereocenters. The van der Waals surface area contributed by atoms with E-state index < -0.39 is 10.0 Å². The number of hydrogen-bond donors (Lipinski definition) is 2. The number of anilines is 2. The number of benzene rings is 2. The van der Waals surface area contributed by atoms with Gasteiger partial charge in [-0.2, -0.15) is 0 Å². The van der Waals surface area contributed by atoms with Gasteiger partial charge in [-0.25, -0.2) is 13.4 Å². The summed E-state index contributed by atoms with van der Waals surface area (Å²) in [5, 5.41) is 2.75. The van der Waals surface area contributed by atoms with Crippen LogP contribution < -0.4 is 10.0 Å². The summed E-state index contributed by atoms with van der Waals surface area (Å²) in [5.74, 6) is 0.194. The quantitative estimate of drug-likeness (QED) is 0.757. The number of amides is 1. The van der Waals surface area contributed by atoms with Crippen LogP contribution in [0.4, 0.5) is 11.4 Å². The van der Waals surface area contributed by atoms with E-state index in [2.05, 4.69) is 15.0 Å². The van der Waals surface area contributed by atoms with Crippen molar-refractivity contribution in [3.8, 4) is 0 Å². The van der Waals surface area contributed by atoms with Crippen molar-refractivity contribution < 1.29 is 17.6 Å². The lowest BCUT2D eigenvalue weighted by molar-refractivity contribution is 0.102. The van der Waals surface area contributed by atoms with Crippen LogP contribution in [0.15, 0.2) is 46.9 Å². The monoisotopic (exact) mass is 345 g/mol. The SMILES string of the molecule is Cc1nc2cc(NC(=O)c3cccc(NS(C)(=O)=O)c3)ccc2o1. The van der Waals surface area contributed by atoms with Gasteiger partial charge in [0, 0.05) is 23.9 Å². The van der Waals surface area contributed by atoms with Crippen molar-refractivity contribution in [1.82, 2.24) is 4.98 Å². The largest absolute Gasteiger partial charge is 0.441 e. The summed E-state index contributed by atoms with van der Waals surface area (Å²) in [6.45, 7) is 1.75. The molecule has 0 aliphatic carbocycles. The molecule has 0 bridgehead atoms. The van der Waals surface area contributed by atoms with Crippen molar-refractivity contribution in [3.63, 3.8) is 0 Å². The van der Waals surface area contributed by atoms with Crippen LogP contribution in [0.5, 0.6) is 0 Å². The lowest BCUT2D eigenvalue weighted by Gasteiger charge is -2.08. The molecule has 124 valence electrons. The van der Waals surface area contributed by atoms with Gasteiger partial charge in [-0.3, -0.25) is 9.52 Å². The normalized spacial score (nSPS) is 11.4. The zero-order chi connectivity index (χ0) is 17.3. The zero-order valence-corrected chi connectivity index (χ0v) is 13.8. The number of carbonyl (C=O) groups excluding carboxylic acids is 1. The second-order valence-corrected chi connectivity index (χ2v) is 7.07. The van der Waals surface area contributed by atoms with Crippen molar-refractivity contribution in [3.05, 3.63) is 53.9 Å². The Morgan fingerprint density at radius 3 is 2.67 bits per heavy atom. The Kier molecular flexibility index (Phi) is 3.98. The molecule has 0 spiro atoms. The average molecular weight is 345 g/mol. The van der Waals surface area contributed by atoms with Gasteiger partial charge in [0.2, 0.25) is 10.0 Å². The number of nitrogens with one attached hydrogen (secondary N) is 2. The first-order valence-corrected chi connectivity index (χ1v) is 8.96. The molecule has 3 rings (SSSR count). The molecule has 0 radical (unpaired) electrons. The number of sulfonamides is 1. The summed E-state index contributed by atoms with van der Waals surface area (Å²) < 4.78 is 30.3. The third kappa shape index (κ3) is 3.72. The first kappa shape index (κ1) is 16.0. The smallest absolute Gasteiger partial charge is 0.255 e. The van der Waals surface area contributed by atoms with Gasteiger partial charge in [0.05, 0.1) is 6.26 Å². The van der Waals surface area contributed by atoms with Crippen molar-refractivity contribution >= 4 is 38.4 Å². The molecule has 0 unspecified atom stereocenters. The summed E-state index contributed by atoms with van der Waals surface area (Å²) in [7, 11) is -3.40. The molecule has 1 amide bonds. The van der Waals surface area contributed by atoms with Crippen LogP contribution in [-0.4, -0.2) is 25.6 Å². The molecular formula is C16H15N3O4S. The molecule has 3 aromatic rings. The van der Waals surface area contributed by atoms with E-state index in [9.17, 15) is 13.2 Å². The molecule has 0 aliphatic heterocycles. The summed E-state index contributed by atoms with van der Waals surface area (Å²) >= 11 is 0. The Bertz CT molecular complexity index is 1020. The minimum atomic E-state index is -3.40. The maximum atomic E-state index is 12.3. The van der Waals surface area contributed by atoms with E-state index in [1.165, 1.54) is 6.07 Å². The third-order valence-corrected chi connectivity index (χ3v) is 3.79. The standard InChI is InChI=1S/C16H15N3O4S/c1-10-17-14-9-12(6-7-15(14)23-10)18-16(20)11-4-3-5-13(8-11)19-24(2,21)22/h3-9,19H,1-2H3,(H,18,20). The third-order valence-electron chi connectivity index (χ3n) is 3.18. The summed E-state index contributed by atoms with van der Waals surface area (Å²) in [5.41, 5.74) is 2.53. The lowest BCUT2D eigenvalue weighted by Crippen LogP contribution is -2.13. The van der Waals surface area contributed by atoms with Crippen LogP contribution in [0, 0.1) is 6.92 Å². The Hall–Kier alpha value is -2.87. The van der Waals surface area contributed by atoms with Crippen LogP contribution in [0.1, 0.15) is 16.2 Å². The number of oxazole rings is 1. The van der Waals surface area contributed by atoms with Crippen molar-refractivity contribution in [2.45, 2.75) is 6.92 Å². The molecule has 1 heterocycles. The van der Waals surface area contributed by atoms with E-state index in [1.54, 1.807) is 43.3 Å². The summed E-state index contributed by atoms with van der Waals surface area (Å²) in [6.07, 6.45) is 1.05. The second kappa shape index (κ2) is 5.97. The summed E-state index contributed by atoms with van der Waals surface area (Å²) in [4.78, 5) is 16.6. The maximum absolute atomic E-state index is 12.3. The van der Waals surface area contributed by atoms with E-state index in [4.69, 9.17) is 4.42 Å². The molecule has 2 aromatic carbocycles. The highest BCUT2D eigenvalue weighted by Gasteiger charge is 2.10. The van der Waals surface area contributed by atoms with Crippen LogP contribution in [-0.2, 0) is 10.0 Å². The van der Waals surface area contributed by atoms with Gasteiger partial charge < -0.3 is 9.73 Å². The summed E-state index contributed by atoms with van der Waals surface area (Å²) in [6, 6.07) is 11.4. The molecule has 7 nitrogen and oxygen atoms in total. The van der Waals surface area contributed by atoms with Gasteiger partial charge in [-0.1, -0.05) is 6.07 Å². The topological polar surface area (TPSA) is 101 Å². The van der Waals surface area contributed by atoms with Gasteiger partial charge in [-0.05, 0) is 36.4 Å². The van der Waals surface area contributed by atoms with Crippen LogP contribution in [0.2, 0.25) is 0 Å². The molecule has 8 heteroatoms. The highest BCUT2D eigenvalue weighted by Crippen LogP contribution is 2.20. The number of aryl methyl sites for hydroxylation is 1. The molecule has 0 aliphatic rings. The molecule has 2 N–H and O–H groups in total. The number of fused-ring (bicyclic) bond motifs is 1. The Labute approximate surface area is 138 Å². The van der Waals surface area contributed by atoms with Crippen LogP contribution in [0.3, 0.4) is 0 Å². The van der Waals surface area contributed by atoms with Crippen molar-refractivity contribution in [1.29, 1.82) is 0 Å².